The molecule has 0 aromatic heterocycles. The first-order chi connectivity index (χ1) is 5.54. The molecule has 0 aromatic carbocycles. The zero-order chi connectivity index (χ0) is 9.19. The van der Waals surface area contributed by atoms with E-state index in [2.05, 4.69) is 5.32 Å². The van der Waals surface area contributed by atoms with E-state index in [0.717, 1.165) is 0 Å². The Hall–Kier alpha value is 0.0300. The van der Waals surface area contributed by atoms with E-state index < -0.39 is 16.7 Å². The molecule has 1 aliphatic rings. The van der Waals surface area contributed by atoms with E-state index in [1.807, 2.05) is 13.8 Å². The molecule has 1 rings (SSSR count). The van der Waals surface area contributed by atoms with Crippen LogP contribution in [0.4, 0.5) is 0 Å². The summed E-state index contributed by atoms with van der Waals surface area (Å²) in [6, 6.07) is 0. The number of nitrogens with one attached hydrogen (secondary N) is 1. The fraction of sp³-hybridized carbons (Fsp3) is 1.00. The van der Waals surface area contributed by atoms with Gasteiger partial charge >= 0.3 is 0 Å². The summed E-state index contributed by atoms with van der Waals surface area (Å²) < 4.78 is 24.9. The van der Waals surface area contributed by atoms with Crippen molar-refractivity contribution in [3.63, 3.8) is 0 Å². The maximum Gasteiger partial charge on any atom is 0.155 e. The minimum atomic E-state index is -1.77. The summed E-state index contributed by atoms with van der Waals surface area (Å²) in [5.74, 6) is 0.207. The van der Waals surface area contributed by atoms with E-state index in [4.69, 9.17) is 9.29 Å². The Morgan fingerprint density at radius 2 is 2.25 bits per heavy atom. The first-order valence-corrected chi connectivity index (χ1v) is 5.28. The number of ether oxygens (including phenoxy) is 1. The Kier molecular flexibility index (Phi) is 3.22. The molecule has 0 radical (unpaired) electrons. The van der Waals surface area contributed by atoms with Crippen molar-refractivity contribution in [3.05, 3.63) is 0 Å². The van der Waals surface area contributed by atoms with Crippen LogP contribution in [0.3, 0.4) is 0 Å². The average molecular weight is 193 g/mol. The summed E-state index contributed by atoms with van der Waals surface area (Å²) in [6.07, 6.45) is 0.107. The Bertz CT molecular complexity index is 179. The van der Waals surface area contributed by atoms with Crippen LogP contribution >= 0.6 is 0 Å². The van der Waals surface area contributed by atoms with Crippen LogP contribution in [0.2, 0.25) is 0 Å². The van der Waals surface area contributed by atoms with Crippen LogP contribution in [0.1, 0.15) is 13.8 Å². The molecule has 0 amide bonds. The van der Waals surface area contributed by atoms with E-state index in [9.17, 15) is 4.21 Å². The third-order valence-corrected chi connectivity index (χ3v) is 2.54. The number of rotatable bonds is 4. The van der Waals surface area contributed by atoms with Crippen LogP contribution in [0.25, 0.3) is 0 Å². The van der Waals surface area contributed by atoms with Gasteiger partial charge in [-0.05, 0) is 13.8 Å². The van der Waals surface area contributed by atoms with Gasteiger partial charge in [0.25, 0.3) is 0 Å². The van der Waals surface area contributed by atoms with Gasteiger partial charge in [-0.15, -0.1) is 0 Å². The maximum atomic E-state index is 10.6. The van der Waals surface area contributed by atoms with E-state index in [-0.39, 0.29) is 11.9 Å². The molecule has 0 aromatic rings. The van der Waals surface area contributed by atoms with Crippen LogP contribution in [-0.2, 0) is 15.8 Å². The molecular weight excluding hydrogens is 178 g/mol. The van der Waals surface area contributed by atoms with Gasteiger partial charge < -0.3 is 14.6 Å². The first-order valence-electron chi connectivity index (χ1n) is 4.00. The van der Waals surface area contributed by atoms with Gasteiger partial charge in [0.1, 0.15) is 5.60 Å². The van der Waals surface area contributed by atoms with Gasteiger partial charge in [0, 0.05) is 13.1 Å². The largest absolute Gasteiger partial charge is 0.369 e. The van der Waals surface area contributed by atoms with Gasteiger partial charge in [-0.2, -0.15) is 0 Å². The minimum Gasteiger partial charge on any atom is -0.369 e. The molecule has 0 spiro atoms. The third-order valence-electron chi connectivity index (χ3n) is 1.77. The van der Waals surface area contributed by atoms with Crippen LogP contribution in [0, 0.1) is 0 Å². The lowest BCUT2D eigenvalue weighted by atomic mass is 9.99. The van der Waals surface area contributed by atoms with Gasteiger partial charge in [0.2, 0.25) is 0 Å². The smallest absolute Gasteiger partial charge is 0.155 e. The molecule has 2 N–H and O–H groups in total. The van der Waals surface area contributed by atoms with E-state index >= 15 is 0 Å². The zero-order valence-corrected chi connectivity index (χ0v) is 8.19. The Balaban J connectivity index is 2.45. The highest BCUT2D eigenvalue weighted by Crippen LogP contribution is 2.19. The molecular formula is C7H15NO3S. The molecule has 5 heteroatoms. The van der Waals surface area contributed by atoms with Crippen molar-refractivity contribution in [2.24, 2.45) is 0 Å². The second-order valence-electron chi connectivity index (χ2n) is 3.42. The molecule has 1 aliphatic heterocycles. The number of hydrogen-bond acceptors (Lipinski definition) is 3. The monoisotopic (exact) mass is 193 g/mol. The topological polar surface area (TPSA) is 58.6 Å². The highest BCUT2D eigenvalue weighted by Gasteiger charge is 2.40. The van der Waals surface area contributed by atoms with E-state index in [0.29, 0.717) is 13.1 Å². The van der Waals surface area contributed by atoms with Gasteiger partial charge in [-0.25, -0.2) is 4.21 Å². The van der Waals surface area contributed by atoms with Crippen molar-refractivity contribution >= 4 is 11.1 Å². The van der Waals surface area contributed by atoms with Gasteiger partial charge in [0.05, 0.1) is 11.9 Å². The quantitative estimate of drug-likeness (QED) is 0.616. The van der Waals surface area contributed by atoms with Crippen molar-refractivity contribution < 1.29 is 13.5 Å². The van der Waals surface area contributed by atoms with Crippen molar-refractivity contribution in [2.45, 2.75) is 25.6 Å². The molecule has 0 saturated carbocycles. The summed E-state index contributed by atoms with van der Waals surface area (Å²) in [7, 11) is 0. The minimum absolute atomic E-state index is 0.107. The summed E-state index contributed by atoms with van der Waals surface area (Å²) >= 11 is -1.77. The normalized spacial score (nSPS) is 23.7. The molecule has 0 bridgehead atoms. The molecule has 1 heterocycles. The second-order valence-corrected chi connectivity index (χ2v) is 4.35. The highest BCUT2D eigenvalue weighted by molar-refractivity contribution is 7.79. The Labute approximate surface area is 75.0 Å². The van der Waals surface area contributed by atoms with E-state index in [1.165, 1.54) is 0 Å². The third kappa shape index (κ3) is 2.52. The highest BCUT2D eigenvalue weighted by atomic mass is 32.2. The summed E-state index contributed by atoms with van der Waals surface area (Å²) in [6.45, 7) is 5.22. The summed E-state index contributed by atoms with van der Waals surface area (Å²) in [5, 5.41) is 3.04. The van der Waals surface area contributed by atoms with Crippen molar-refractivity contribution in [1.29, 1.82) is 0 Å². The van der Waals surface area contributed by atoms with E-state index in [1.54, 1.807) is 0 Å². The van der Waals surface area contributed by atoms with Gasteiger partial charge in [-0.1, -0.05) is 0 Å². The first kappa shape index (κ1) is 10.1. The van der Waals surface area contributed by atoms with Crippen LogP contribution in [0.5, 0.6) is 0 Å². The zero-order valence-electron chi connectivity index (χ0n) is 7.37. The van der Waals surface area contributed by atoms with Crippen molar-refractivity contribution in [3.8, 4) is 0 Å². The average Bonchev–Trinajstić information content (AvgIpc) is 1.80. The van der Waals surface area contributed by atoms with Crippen molar-refractivity contribution in [2.75, 3.05) is 18.8 Å². The predicted molar refractivity (Wildman–Crippen MR) is 47.5 cm³/mol. The molecule has 1 saturated heterocycles. The molecule has 1 fully saturated rings. The van der Waals surface area contributed by atoms with Crippen LogP contribution in [-0.4, -0.2) is 39.3 Å². The Morgan fingerprint density at radius 1 is 1.67 bits per heavy atom. The molecule has 4 nitrogen and oxygen atoms in total. The maximum absolute atomic E-state index is 10.6. The van der Waals surface area contributed by atoms with Crippen molar-refractivity contribution in [1.82, 2.24) is 5.32 Å². The predicted octanol–water partition coefficient (Wildman–Crippen LogP) is -0.0249. The number of hydrogen-bond donors (Lipinski definition) is 2. The van der Waals surface area contributed by atoms with Crippen LogP contribution in [0.15, 0.2) is 0 Å². The lowest BCUT2D eigenvalue weighted by Crippen LogP contribution is -2.64. The lowest BCUT2D eigenvalue weighted by molar-refractivity contribution is -0.0950. The fourth-order valence-corrected chi connectivity index (χ4v) is 2.07. The SMILES string of the molecule is CC(C)OC1(CS(=O)O)CNC1. The molecule has 12 heavy (non-hydrogen) atoms. The second kappa shape index (κ2) is 3.83. The summed E-state index contributed by atoms with van der Waals surface area (Å²) in [4.78, 5) is 0. The summed E-state index contributed by atoms with van der Waals surface area (Å²) in [5.41, 5.74) is -0.395. The Morgan fingerprint density at radius 3 is 2.50 bits per heavy atom. The molecule has 72 valence electrons. The molecule has 1 unspecified atom stereocenters. The lowest BCUT2D eigenvalue weighted by Gasteiger charge is -2.42. The van der Waals surface area contributed by atoms with Gasteiger partial charge in [-0.3, -0.25) is 0 Å². The molecule has 1 atom stereocenters. The molecule has 0 aliphatic carbocycles. The standard InChI is InChI=1S/C7H15NO3S/c1-6(2)11-7(3-8-4-7)5-12(9)10/h6,8H,3-5H2,1-2H3,(H,9,10). The fourth-order valence-electron chi connectivity index (χ4n) is 1.35. The van der Waals surface area contributed by atoms with Crippen LogP contribution < -0.4 is 5.32 Å². The van der Waals surface area contributed by atoms with Gasteiger partial charge in [0.15, 0.2) is 11.1 Å².